The van der Waals surface area contributed by atoms with E-state index in [0.29, 0.717) is 37.3 Å². The van der Waals surface area contributed by atoms with Gasteiger partial charge in [-0.3, -0.25) is 9.59 Å². The molecule has 1 fully saturated rings. The van der Waals surface area contributed by atoms with Gasteiger partial charge in [-0.05, 0) is 30.3 Å². The van der Waals surface area contributed by atoms with E-state index in [2.05, 4.69) is 5.32 Å². The standard InChI is InChI=1S/C22H18F2N2O4/c23-16-5-3-6-17(24)14(16)8-9-19(27)25-20-15-4-1-2-7-18(15)30-21(20)22(28)26-10-12-29-13-11-26/h1-9H,10-13H2,(H,25,27)/b9-8+. The van der Waals surface area contributed by atoms with Gasteiger partial charge in [-0.25, -0.2) is 8.78 Å². The third kappa shape index (κ3) is 3.95. The summed E-state index contributed by atoms with van der Waals surface area (Å²) >= 11 is 0. The smallest absolute Gasteiger partial charge is 0.291 e. The Labute approximate surface area is 170 Å². The molecule has 1 saturated heterocycles. The van der Waals surface area contributed by atoms with Crippen LogP contribution >= 0.6 is 0 Å². The van der Waals surface area contributed by atoms with Gasteiger partial charge in [0.05, 0.1) is 13.2 Å². The first-order valence-electron chi connectivity index (χ1n) is 9.36. The summed E-state index contributed by atoms with van der Waals surface area (Å²) in [7, 11) is 0. The van der Waals surface area contributed by atoms with E-state index in [1.54, 1.807) is 29.2 Å². The topological polar surface area (TPSA) is 71.8 Å². The van der Waals surface area contributed by atoms with Crippen LogP contribution in [0.25, 0.3) is 17.0 Å². The molecule has 0 aliphatic carbocycles. The summed E-state index contributed by atoms with van der Waals surface area (Å²) < 4.78 is 38.5. The number of hydrogen-bond acceptors (Lipinski definition) is 4. The highest BCUT2D eigenvalue weighted by Gasteiger charge is 2.27. The molecular formula is C22H18F2N2O4. The van der Waals surface area contributed by atoms with Gasteiger partial charge in [0.2, 0.25) is 11.7 Å². The van der Waals surface area contributed by atoms with E-state index >= 15 is 0 Å². The van der Waals surface area contributed by atoms with E-state index in [9.17, 15) is 18.4 Å². The molecule has 2 amide bonds. The minimum atomic E-state index is -0.781. The molecule has 8 heteroatoms. The molecule has 0 radical (unpaired) electrons. The predicted octanol–water partition coefficient (Wildman–Crippen LogP) is 3.84. The van der Waals surface area contributed by atoms with Crippen molar-refractivity contribution in [1.29, 1.82) is 0 Å². The van der Waals surface area contributed by atoms with Crippen LogP contribution < -0.4 is 5.32 Å². The van der Waals surface area contributed by atoms with Crippen molar-refractivity contribution in [3.8, 4) is 0 Å². The van der Waals surface area contributed by atoms with Gasteiger partial charge in [0.15, 0.2) is 0 Å². The van der Waals surface area contributed by atoms with Gasteiger partial charge >= 0.3 is 0 Å². The number of furan rings is 1. The van der Waals surface area contributed by atoms with E-state index in [0.717, 1.165) is 24.3 Å². The van der Waals surface area contributed by atoms with E-state index in [1.807, 2.05) is 0 Å². The van der Waals surface area contributed by atoms with Gasteiger partial charge in [0.25, 0.3) is 5.91 Å². The van der Waals surface area contributed by atoms with Crippen molar-refractivity contribution in [2.75, 3.05) is 31.6 Å². The summed E-state index contributed by atoms with van der Waals surface area (Å²) in [6.07, 6.45) is 2.05. The Kier molecular flexibility index (Phi) is 5.58. The van der Waals surface area contributed by atoms with Crippen LogP contribution in [0, 0.1) is 11.6 Å². The third-order valence-electron chi connectivity index (χ3n) is 4.74. The van der Waals surface area contributed by atoms with Crippen molar-refractivity contribution in [1.82, 2.24) is 4.90 Å². The number of carbonyl (C=O) groups is 2. The highest BCUT2D eigenvalue weighted by atomic mass is 19.1. The maximum absolute atomic E-state index is 13.8. The van der Waals surface area contributed by atoms with E-state index in [4.69, 9.17) is 9.15 Å². The number of nitrogens with one attached hydrogen (secondary N) is 1. The van der Waals surface area contributed by atoms with Crippen molar-refractivity contribution in [3.63, 3.8) is 0 Å². The zero-order valence-electron chi connectivity index (χ0n) is 15.9. The summed E-state index contributed by atoms with van der Waals surface area (Å²) in [6, 6.07) is 10.3. The molecule has 2 heterocycles. The van der Waals surface area contributed by atoms with E-state index < -0.39 is 17.5 Å². The molecule has 0 saturated carbocycles. The van der Waals surface area contributed by atoms with Gasteiger partial charge in [-0.1, -0.05) is 18.2 Å². The molecule has 0 spiro atoms. The maximum Gasteiger partial charge on any atom is 0.291 e. The van der Waals surface area contributed by atoms with Crippen LogP contribution in [0.4, 0.5) is 14.5 Å². The minimum absolute atomic E-state index is 0.00285. The lowest BCUT2D eigenvalue weighted by Crippen LogP contribution is -2.40. The number of hydrogen-bond donors (Lipinski definition) is 1. The van der Waals surface area contributed by atoms with Gasteiger partial charge in [-0.15, -0.1) is 0 Å². The van der Waals surface area contributed by atoms with Crippen molar-refractivity contribution < 1.29 is 27.5 Å². The molecule has 30 heavy (non-hydrogen) atoms. The van der Waals surface area contributed by atoms with Crippen LogP contribution in [0.2, 0.25) is 0 Å². The van der Waals surface area contributed by atoms with Crippen LogP contribution in [0.5, 0.6) is 0 Å². The first-order valence-corrected chi connectivity index (χ1v) is 9.36. The molecule has 154 valence electrons. The van der Waals surface area contributed by atoms with Crippen LogP contribution in [-0.4, -0.2) is 43.0 Å². The lowest BCUT2D eigenvalue weighted by Gasteiger charge is -2.26. The first-order chi connectivity index (χ1) is 14.5. The Morgan fingerprint density at radius 1 is 1.00 bits per heavy atom. The molecule has 0 atom stereocenters. The fourth-order valence-electron chi connectivity index (χ4n) is 3.22. The number of rotatable bonds is 4. The fourth-order valence-corrected chi connectivity index (χ4v) is 3.22. The average molecular weight is 412 g/mol. The van der Waals surface area contributed by atoms with Crippen LogP contribution in [0.1, 0.15) is 16.1 Å². The summed E-state index contributed by atoms with van der Waals surface area (Å²) in [4.78, 5) is 27.0. The largest absolute Gasteiger partial charge is 0.449 e. The zero-order valence-corrected chi connectivity index (χ0v) is 15.9. The lowest BCUT2D eigenvalue weighted by molar-refractivity contribution is -0.111. The third-order valence-corrected chi connectivity index (χ3v) is 4.74. The molecule has 1 N–H and O–H groups in total. The molecule has 1 aliphatic heterocycles. The minimum Gasteiger partial charge on any atom is -0.449 e. The highest BCUT2D eigenvalue weighted by Crippen LogP contribution is 2.32. The van der Waals surface area contributed by atoms with Gasteiger partial charge in [-0.2, -0.15) is 0 Å². The van der Waals surface area contributed by atoms with Crippen LogP contribution in [0.15, 0.2) is 53.0 Å². The number of para-hydroxylation sites is 1. The van der Waals surface area contributed by atoms with Crippen molar-refractivity contribution in [2.24, 2.45) is 0 Å². The fraction of sp³-hybridized carbons (Fsp3) is 0.182. The molecule has 4 rings (SSSR count). The van der Waals surface area contributed by atoms with Gasteiger partial charge in [0, 0.05) is 30.1 Å². The summed E-state index contributed by atoms with van der Waals surface area (Å²) in [5.74, 6) is -2.59. The van der Waals surface area contributed by atoms with Crippen LogP contribution in [-0.2, 0) is 9.53 Å². The summed E-state index contributed by atoms with van der Waals surface area (Å²) in [5.41, 5.74) is 0.327. The molecule has 0 bridgehead atoms. The number of amides is 2. The molecule has 0 unspecified atom stereocenters. The number of anilines is 1. The highest BCUT2D eigenvalue weighted by molar-refractivity contribution is 6.13. The van der Waals surface area contributed by atoms with Crippen molar-refractivity contribution in [2.45, 2.75) is 0 Å². The second-order valence-corrected chi connectivity index (χ2v) is 6.66. The quantitative estimate of drug-likeness (QED) is 0.661. The normalized spacial score (nSPS) is 14.4. The molecule has 6 nitrogen and oxygen atoms in total. The molecule has 1 aliphatic rings. The Bertz CT molecular complexity index is 1110. The molecule has 1 aromatic heterocycles. The number of ether oxygens (including phenoxy) is 1. The first kappa shape index (κ1) is 19.8. The number of halogens is 2. The number of fused-ring (bicyclic) bond motifs is 1. The number of morpholine rings is 1. The Morgan fingerprint density at radius 3 is 2.43 bits per heavy atom. The molecular weight excluding hydrogens is 394 g/mol. The van der Waals surface area contributed by atoms with Gasteiger partial charge < -0.3 is 19.4 Å². The SMILES string of the molecule is O=C(/C=C/c1c(F)cccc1F)Nc1c(C(=O)N2CCOCC2)oc2ccccc12. The molecule has 3 aromatic rings. The second kappa shape index (κ2) is 8.46. The summed E-state index contributed by atoms with van der Waals surface area (Å²) in [5, 5.41) is 3.17. The monoisotopic (exact) mass is 412 g/mol. The lowest BCUT2D eigenvalue weighted by atomic mass is 10.1. The number of nitrogens with zero attached hydrogens (tertiary/aromatic N) is 1. The Morgan fingerprint density at radius 2 is 1.70 bits per heavy atom. The van der Waals surface area contributed by atoms with Crippen LogP contribution in [0.3, 0.4) is 0 Å². The predicted molar refractivity (Wildman–Crippen MR) is 107 cm³/mol. The van der Waals surface area contributed by atoms with E-state index in [-0.39, 0.29) is 22.9 Å². The Hall–Kier alpha value is -3.52. The van der Waals surface area contributed by atoms with E-state index in [1.165, 1.54) is 6.07 Å². The second-order valence-electron chi connectivity index (χ2n) is 6.66. The van der Waals surface area contributed by atoms with Crippen molar-refractivity contribution in [3.05, 3.63) is 71.5 Å². The zero-order chi connectivity index (χ0) is 21.1. The number of benzene rings is 2. The van der Waals surface area contributed by atoms with Gasteiger partial charge in [0.1, 0.15) is 22.9 Å². The van der Waals surface area contributed by atoms with Crippen molar-refractivity contribution >= 4 is 34.5 Å². The Balaban J connectivity index is 1.63. The maximum atomic E-state index is 13.8. The average Bonchev–Trinajstić information content (AvgIpc) is 3.12. The number of carbonyl (C=O) groups excluding carboxylic acids is 2. The summed E-state index contributed by atoms with van der Waals surface area (Å²) in [6.45, 7) is 1.67. The molecule has 2 aromatic carbocycles.